The van der Waals surface area contributed by atoms with E-state index in [2.05, 4.69) is 73.4 Å². The molecular formula is C65H101NO12. The summed E-state index contributed by atoms with van der Waals surface area (Å²) in [6.07, 6.45) is 5.07. The Balaban J connectivity index is 1.38. The molecule has 0 radical (unpaired) electrons. The van der Waals surface area contributed by atoms with E-state index in [4.69, 9.17) is 47.4 Å². The highest BCUT2D eigenvalue weighted by molar-refractivity contribution is 5.87. The average Bonchev–Trinajstić information content (AvgIpc) is 3.35. The number of carbonyl (C=O) groups is 2. The van der Waals surface area contributed by atoms with E-state index in [9.17, 15) is 9.59 Å². The number of hydrogen-bond acceptors (Lipinski definition) is 13. The van der Waals surface area contributed by atoms with Gasteiger partial charge in [0.2, 0.25) is 0 Å². The van der Waals surface area contributed by atoms with Gasteiger partial charge >= 0.3 is 11.9 Å². The quantitative estimate of drug-likeness (QED) is 0.0233. The molecule has 0 aromatic heterocycles. The van der Waals surface area contributed by atoms with Gasteiger partial charge in [-0.25, -0.2) is 9.59 Å². The number of rotatable bonds is 39. The van der Waals surface area contributed by atoms with Gasteiger partial charge in [-0.05, 0) is 165 Å². The number of hydrogen-bond donors (Lipinski definition) is 0. The van der Waals surface area contributed by atoms with Crippen LogP contribution in [-0.2, 0) is 38.0 Å². The number of nitrogens with zero attached hydrogens (tertiary/aromatic N) is 1. The van der Waals surface area contributed by atoms with Gasteiger partial charge in [0.15, 0.2) is 0 Å². The van der Waals surface area contributed by atoms with Crippen molar-refractivity contribution in [1.82, 2.24) is 4.90 Å². The van der Waals surface area contributed by atoms with E-state index >= 15 is 0 Å². The predicted octanol–water partition coefficient (Wildman–Crippen LogP) is 14.1. The summed E-state index contributed by atoms with van der Waals surface area (Å²) in [5.41, 5.74) is -3.04. The molecule has 0 bridgehead atoms. The maximum atomic E-state index is 12.6. The van der Waals surface area contributed by atoms with Crippen LogP contribution in [0.25, 0.3) is 0 Å². The van der Waals surface area contributed by atoms with Crippen molar-refractivity contribution in [3.05, 3.63) is 109 Å². The number of esters is 2. The molecule has 438 valence electrons. The first-order chi connectivity index (χ1) is 36.3. The van der Waals surface area contributed by atoms with Crippen LogP contribution in [0.15, 0.2) is 109 Å². The van der Waals surface area contributed by atoms with Crippen molar-refractivity contribution < 1.29 is 57.0 Å². The number of carbonyl (C=O) groups excluding carboxylic acids is 2. The summed E-state index contributed by atoms with van der Waals surface area (Å²) in [6, 6.07) is 27.0. The lowest BCUT2D eigenvalue weighted by Crippen LogP contribution is -2.48. The first kappa shape index (κ1) is 67.4. The molecule has 3 rings (SSSR count). The van der Waals surface area contributed by atoms with Crippen molar-refractivity contribution >= 4 is 11.9 Å². The van der Waals surface area contributed by atoms with Gasteiger partial charge in [-0.3, -0.25) is 4.90 Å². The maximum Gasteiger partial charge on any atom is 0.333 e. The summed E-state index contributed by atoms with van der Waals surface area (Å²) in [7, 11) is 2.04. The second-order valence-corrected chi connectivity index (χ2v) is 24.8. The van der Waals surface area contributed by atoms with Crippen LogP contribution in [0, 0.1) is 17.3 Å². The molecule has 78 heavy (non-hydrogen) atoms. The SMILES string of the molecule is C=C(C)C(=O)OC(C)(C)C(COc1ccccc1)COC(C)(C)N(C)CCCOC(C)(C)CCOc1cccc(OCCC(C)(C)OCCCCC(C)(C)C(C)(C)OCC(COc2ccccc2)C(C)(C)OC(=O)C(=C)C)c1. The standard InChI is InChI=1S/C65H101NO12/c1-49(2)57(67)77-62(11,12)51(45-71-53-30-22-20-23-31-53)47-75-64(15,16)59(5,6)36-26-27-40-73-60(7,8)37-42-69-55-34-28-35-56(44-55)70-43-38-61(9,10)74-41-29-39-66(19)65(17,18)76-48-52(46-72-54-32-24-21-25-33-54)63(13,14)78-58(68)50(3)4/h20-25,28,30-35,44,51-52H,1,3,26-27,29,36-43,45-48H2,2,4-19H3. The molecule has 0 N–H and O–H groups in total. The lowest BCUT2D eigenvalue weighted by molar-refractivity contribution is -0.175. The van der Waals surface area contributed by atoms with Gasteiger partial charge in [0.05, 0.1) is 68.3 Å². The van der Waals surface area contributed by atoms with Crippen LogP contribution >= 0.6 is 0 Å². The summed E-state index contributed by atoms with van der Waals surface area (Å²) in [5.74, 6) is 1.61. The second kappa shape index (κ2) is 30.6. The van der Waals surface area contributed by atoms with Gasteiger partial charge in [-0.15, -0.1) is 0 Å². The minimum atomic E-state index is -0.870. The fraction of sp³-hybridized carbons (Fsp3) is 0.631. The monoisotopic (exact) mass is 1090 g/mol. The molecule has 13 heteroatoms. The topological polar surface area (TPSA) is 130 Å². The number of ether oxygens (including phenoxy) is 10. The summed E-state index contributed by atoms with van der Waals surface area (Å²) >= 11 is 0. The largest absolute Gasteiger partial charge is 0.493 e. The number of para-hydroxylation sites is 2. The lowest BCUT2D eigenvalue weighted by Gasteiger charge is -2.44. The highest BCUT2D eigenvalue weighted by atomic mass is 16.6. The first-order valence-corrected chi connectivity index (χ1v) is 28.0. The highest BCUT2D eigenvalue weighted by Gasteiger charge is 2.42. The van der Waals surface area contributed by atoms with Crippen molar-refractivity contribution in [3.63, 3.8) is 0 Å². The van der Waals surface area contributed by atoms with Crippen LogP contribution in [0.3, 0.4) is 0 Å². The zero-order valence-electron chi connectivity index (χ0n) is 51.1. The predicted molar refractivity (Wildman–Crippen MR) is 312 cm³/mol. The summed E-state index contributed by atoms with van der Waals surface area (Å²) in [4.78, 5) is 27.3. The summed E-state index contributed by atoms with van der Waals surface area (Å²) < 4.78 is 62.4. The molecule has 0 saturated heterocycles. The average molecular weight is 1090 g/mol. The number of benzene rings is 3. The molecule has 2 unspecified atom stereocenters. The van der Waals surface area contributed by atoms with E-state index in [0.29, 0.717) is 70.4 Å². The molecule has 2 atom stereocenters. The molecule has 0 heterocycles. The van der Waals surface area contributed by atoms with Gasteiger partial charge in [0, 0.05) is 49.8 Å². The van der Waals surface area contributed by atoms with E-state index in [1.54, 1.807) is 13.8 Å². The Morgan fingerprint density at radius 2 is 0.885 bits per heavy atom. The molecule has 0 saturated carbocycles. The van der Waals surface area contributed by atoms with E-state index in [0.717, 1.165) is 61.6 Å². The number of unbranched alkanes of at least 4 members (excludes halogenated alkanes) is 1. The fourth-order valence-corrected chi connectivity index (χ4v) is 7.93. The Morgan fingerprint density at radius 1 is 0.474 bits per heavy atom. The molecular weight excluding hydrogens is 987 g/mol. The third-order valence-corrected chi connectivity index (χ3v) is 15.2. The summed E-state index contributed by atoms with van der Waals surface area (Å²) in [6.45, 7) is 43.9. The van der Waals surface area contributed by atoms with Crippen LogP contribution in [0.4, 0.5) is 0 Å². The van der Waals surface area contributed by atoms with Gasteiger partial charge in [0.1, 0.15) is 39.9 Å². The maximum absolute atomic E-state index is 12.6. The molecule has 0 aliphatic carbocycles. The Bertz CT molecular complexity index is 2270. The molecule has 0 amide bonds. The minimum absolute atomic E-state index is 0.159. The van der Waals surface area contributed by atoms with Crippen molar-refractivity contribution in [3.8, 4) is 23.0 Å². The first-order valence-electron chi connectivity index (χ1n) is 28.0. The van der Waals surface area contributed by atoms with Crippen molar-refractivity contribution in [2.45, 2.75) is 183 Å². The molecule has 0 aliphatic heterocycles. The van der Waals surface area contributed by atoms with E-state index in [1.165, 1.54) is 0 Å². The van der Waals surface area contributed by atoms with Gasteiger partial charge in [-0.1, -0.05) is 75.9 Å². The van der Waals surface area contributed by atoms with E-state index in [1.807, 2.05) is 134 Å². The zero-order chi connectivity index (χ0) is 58.4. The minimum Gasteiger partial charge on any atom is -0.493 e. The van der Waals surface area contributed by atoms with Crippen molar-refractivity contribution in [2.75, 3.05) is 66.4 Å². The van der Waals surface area contributed by atoms with Crippen molar-refractivity contribution in [2.24, 2.45) is 17.3 Å². The van der Waals surface area contributed by atoms with Crippen LogP contribution in [-0.4, -0.2) is 117 Å². The van der Waals surface area contributed by atoms with Crippen LogP contribution in [0.2, 0.25) is 0 Å². The second-order valence-electron chi connectivity index (χ2n) is 24.8. The van der Waals surface area contributed by atoms with Crippen LogP contribution < -0.4 is 18.9 Å². The van der Waals surface area contributed by atoms with Crippen molar-refractivity contribution in [1.29, 1.82) is 0 Å². The molecule has 0 aliphatic rings. The Kier molecular flexibility index (Phi) is 26.4. The molecule has 0 fully saturated rings. The third kappa shape index (κ3) is 24.2. The molecule has 0 spiro atoms. The Morgan fingerprint density at radius 3 is 1.32 bits per heavy atom. The third-order valence-electron chi connectivity index (χ3n) is 15.2. The Labute approximate surface area is 471 Å². The lowest BCUT2D eigenvalue weighted by atomic mass is 9.73. The molecule has 3 aromatic carbocycles. The normalized spacial score (nSPS) is 13.6. The van der Waals surface area contributed by atoms with E-state index in [-0.39, 0.29) is 22.9 Å². The summed E-state index contributed by atoms with van der Waals surface area (Å²) in [5, 5.41) is 0. The smallest absolute Gasteiger partial charge is 0.333 e. The van der Waals surface area contributed by atoms with Crippen LogP contribution in [0.1, 0.15) is 149 Å². The Hall–Kier alpha value is -4.92. The van der Waals surface area contributed by atoms with Gasteiger partial charge in [-0.2, -0.15) is 0 Å². The zero-order valence-corrected chi connectivity index (χ0v) is 51.1. The molecule has 13 nitrogen and oxygen atoms in total. The highest BCUT2D eigenvalue weighted by Crippen LogP contribution is 2.40. The van der Waals surface area contributed by atoms with Gasteiger partial charge < -0.3 is 47.4 Å². The van der Waals surface area contributed by atoms with Crippen LogP contribution in [0.5, 0.6) is 23.0 Å². The van der Waals surface area contributed by atoms with E-state index < -0.39 is 40.1 Å². The fourth-order valence-electron chi connectivity index (χ4n) is 7.93. The molecule has 3 aromatic rings. The van der Waals surface area contributed by atoms with Gasteiger partial charge in [0.25, 0.3) is 0 Å².